The van der Waals surface area contributed by atoms with E-state index in [9.17, 15) is 0 Å². The standard InChI is InChI=1S/C17H25N5O/c1-13(2)22-17-11-20(8-14-4-7-23-12-14)9-15(17)16(19-22)10-21-6-3-5-18-21/h3,5-6,13-14H,4,7-12H2,1-2H3. The summed E-state index contributed by atoms with van der Waals surface area (Å²) >= 11 is 0. The topological polar surface area (TPSA) is 48.1 Å². The molecule has 0 spiro atoms. The van der Waals surface area contributed by atoms with Crippen molar-refractivity contribution in [2.24, 2.45) is 5.92 Å². The van der Waals surface area contributed by atoms with E-state index in [2.05, 4.69) is 28.5 Å². The van der Waals surface area contributed by atoms with Crippen molar-refractivity contribution in [3.63, 3.8) is 0 Å². The second kappa shape index (κ2) is 6.09. The molecule has 6 heteroatoms. The molecule has 0 amide bonds. The van der Waals surface area contributed by atoms with E-state index in [0.29, 0.717) is 12.0 Å². The predicted molar refractivity (Wildman–Crippen MR) is 87.0 cm³/mol. The van der Waals surface area contributed by atoms with Gasteiger partial charge >= 0.3 is 0 Å². The van der Waals surface area contributed by atoms with E-state index in [-0.39, 0.29) is 0 Å². The molecule has 124 valence electrons. The van der Waals surface area contributed by atoms with Crippen molar-refractivity contribution < 1.29 is 4.74 Å². The first-order valence-corrected chi connectivity index (χ1v) is 8.57. The highest BCUT2D eigenvalue weighted by Gasteiger charge is 2.30. The van der Waals surface area contributed by atoms with Gasteiger partial charge in [0.1, 0.15) is 0 Å². The van der Waals surface area contributed by atoms with Gasteiger partial charge in [0, 0.05) is 50.2 Å². The first-order chi connectivity index (χ1) is 11.2. The number of nitrogens with zero attached hydrogens (tertiary/aromatic N) is 5. The number of hydrogen-bond acceptors (Lipinski definition) is 4. The molecule has 2 aliphatic heterocycles. The van der Waals surface area contributed by atoms with Crippen LogP contribution in [0, 0.1) is 5.92 Å². The van der Waals surface area contributed by atoms with Crippen LogP contribution in [0.15, 0.2) is 18.5 Å². The van der Waals surface area contributed by atoms with E-state index in [1.54, 1.807) is 0 Å². The molecule has 2 aromatic heterocycles. The Morgan fingerprint density at radius 2 is 2.26 bits per heavy atom. The number of hydrogen-bond donors (Lipinski definition) is 0. The zero-order valence-corrected chi connectivity index (χ0v) is 14.0. The largest absolute Gasteiger partial charge is 0.381 e. The van der Waals surface area contributed by atoms with Crippen LogP contribution in [0.4, 0.5) is 0 Å². The van der Waals surface area contributed by atoms with Gasteiger partial charge in [0.25, 0.3) is 0 Å². The first-order valence-electron chi connectivity index (χ1n) is 8.57. The Hall–Kier alpha value is -1.66. The summed E-state index contributed by atoms with van der Waals surface area (Å²) in [7, 11) is 0. The normalized spacial score (nSPS) is 21.4. The van der Waals surface area contributed by atoms with E-state index in [4.69, 9.17) is 9.84 Å². The van der Waals surface area contributed by atoms with Crippen LogP contribution in [0.1, 0.15) is 43.3 Å². The third-order valence-electron chi connectivity index (χ3n) is 4.86. The molecule has 0 aliphatic carbocycles. The van der Waals surface area contributed by atoms with Crippen molar-refractivity contribution in [3.05, 3.63) is 35.4 Å². The summed E-state index contributed by atoms with van der Waals surface area (Å²) in [5.41, 5.74) is 3.97. The fourth-order valence-corrected chi connectivity index (χ4v) is 3.72. The van der Waals surface area contributed by atoms with Crippen LogP contribution in [0.2, 0.25) is 0 Å². The van der Waals surface area contributed by atoms with Gasteiger partial charge in [0.15, 0.2) is 0 Å². The van der Waals surface area contributed by atoms with Crippen LogP contribution in [0.3, 0.4) is 0 Å². The quantitative estimate of drug-likeness (QED) is 0.847. The third-order valence-corrected chi connectivity index (χ3v) is 4.86. The van der Waals surface area contributed by atoms with Crippen LogP contribution < -0.4 is 0 Å². The van der Waals surface area contributed by atoms with E-state index in [1.165, 1.54) is 23.4 Å². The summed E-state index contributed by atoms with van der Waals surface area (Å²) in [4.78, 5) is 2.55. The maximum Gasteiger partial charge on any atom is 0.0888 e. The minimum Gasteiger partial charge on any atom is -0.381 e. The molecule has 0 radical (unpaired) electrons. The zero-order chi connectivity index (χ0) is 15.8. The molecule has 0 bridgehead atoms. The number of ether oxygens (including phenoxy) is 1. The summed E-state index contributed by atoms with van der Waals surface area (Å²) in [5, 5.41) is 9.21. The number of aromatic nitrogens is 4. The van der Waals surface area contributed by atoms with Gasteiger partial charge < -0.3 is 4.74 Å². The average molecular weight is 315 g/mol. The zero-order valence-electron chi connectivity index (χ0n) is 14.0. The van der Waals surface area contributed by atoms with E-state index in [0.717, 1.165) is 39.4 Å². The van der Waals surface area contributed by atoms with Crippen molar-refractivity contribution in [2.45, 2.75) is 45.9 Å². The van der Waals surface area contributed by atoms with Gasteiger partial charge in [-0.25, -0.2) is 0 Å². The molecule has 4 rings (SSSR count). The van der Waals surface area contributed by atoms with Gasteiger partial charge in [-0.05, 0) is 32.3 Å². The Bertz CT molecular complexity index is 655. The van der Waals surface area contributed by atoms with Gasteiger partial charge in [-0.2, -0.15) is 10.2 Å². The van der Waals surface area contributed by atoms with Crippen LogP contribution in [0.5, 0.6) is 0 Å². The molecule has 2 aliphatic rings. The summed E-state index contributed by atoms with van der Waals surface area (Å²) in [5.74, 6) is 0.689. The average Bonchev–Trinajstić information content (AvgIpc) is 3.26. The lowest BCUT2D eigenvalue weighted by Crippen LogP contribution is -2.26. The molecule has 0 saturated carbocycles. The highest BCUT2D eigenvalue weighted by molar-refractivity contribution is 5.30. The third kappa shape index (κ3) is 2.93. The molecule has 0 aromatic carbocycles. The lowest BCUT2D eigenvalue weighted by molar-refractivity contribution is 0.165. The molecule has 1 unspecified atom stereocenters. The Morgan fingerprint density at radius 3 is 2.96 bits per heavy atom. The van der Waals surface area contributed by atoms with Crippen LogP contribution in [-0.4, -0.2) is 44.2 Å². The minimum absolute atomic E-state index is 0.393. The van der Waals surface area contributed by atoms with E-state index >= 15 is 0 Å². The molecular formula is C17H25N5O. The molecule has 1 atom stereocenters. The molecule has 23 heavy (non-hydrogen) atoms. The van der Waals surface area contributed by atoms with Crippen LogP contribution >= 0.6 is 0 Å². The van der Waals surface area contributed by atoms with Crippen molar-refractivity contribution in [1.29, 1.82) is 0 Å². The fourth-order valence-electron chi connectivity index (χ4n) is 3.72. The van der Waals surface area contributed by atoms with Gasteiger partial charge in [-0.1, -0.05) is 0 Å². The molecule has 2 aromatic rings. The lowest BCUT2D eigenvalue weighted by atomic mass is 10.1. The van der Waals surface area contributed by atoms with Crippen molar-refractivity contribution in [2.75, 3.05) is 19.8 Å². The van der Waals surface area contributed by atoms with Gasteiger partial charge in [0.05, 0.1) is 24.5 Å². The molecular weight excluding hydrogens is 290 g/mol. The van der Waals surface area contributed by atoms with Crippen molar-refractivity contribution in [1.82, 2.24) is 24.5 Å². The Labute approximate surface area is 137 Å². The number of rotatable bonds is 5. The van der Waals surface area contributed by atoms with E-state index < -0.39 is 0 Å². The molecule has 1 saturated heterocycles. The van der Waals surface area contributed by atoms with Crippen molar-refractivity contribution >= 4 is 0 Å². The maximum atomic E-state index is 5.53. The molecule has 4 heterocycles. The minimum atomic E-state index is 0.393. The van der Waals surface area contributed by atoms with Gasteiger partial charge in [0.2, 0.25) is 0 Å². The summed E-state index contributed by atoms with van der Waals surface area (Å²) < 4.78 is 9.69. The second-order valence-electron chi connectivity index (χ2n) is 7.01. The second-order valence-corrected chi connectivity index (χ2v) is 7.01. The molecule has 1 fully saturated rings. The lowest BCUT2D eigenvalue weighted by Gasteiger charge is -2.20. The Kier molecular flexibility index (Phi) is 3.95. The summed E-state index contributed by atoms with van der Waals surface area (Å²) in [6.07, 6.45) is 5.03. The van der Waals surface area contributed by atoms with Gasteiger partial charge in [-0.15, -0.1) is 0 Å². The van der Waals surface area contributed by atoms with Crippen molar-refractivity contribution in [3.8, 4) is 0 Å². The van der Waals surface area contributed by atoms with E-state index in [1.807, 2.05) is 23.1 Å². The van der Waals surface area contributed by atoms with Crippen LogP contribution in [-0.2, 0) is 24.4 Å². The maximum absolute atomic E-state index is 5.53. The Balaban J connectivity index is 1.55. The highest BCUT2D eigenvalue weighted by atomic mass is 16.5. The SMILES string of the molecule is CC(C)n1nc(Cn2cccn2)c2c1CN(CC1CCOC1)C2. The number of fused-ring (bicyclic) bond motifs is 1. The molecule has 6 nitrogen and oxygen atoms in total. The summed E-state index contributed by atoms with van der Waals surface area (Å²) in [6, 6.07) is 2.36. The fraction of sp³-hybridized carbons (Fsp3) is 0.647. The smallest absolute Gasteiger partial charge is 0.0888 e. The monoisotopic (exact) mass is 315 g/mol. The summed E-state index contributed by atoms with van der Waals surface area (Å²) in [6.45, 7) is 10.2. The first kappa shape index (κ1) is 14.9. The predicted octanol–water partition coefficient (Wildman–Crippen LogP) is 2.06. The van der Waals surface area contributed by atoms with Gasteiger partial charge in [-0.3, -0.25) is 14.3 Å². The highest BCUT2D eigenvalue weighted by Crippen LogP contribution is 2.30. The Morgan fingerprint density at radius 1 is 1.35 bits per heavy atom. The molecule has 0 N–H and O–H groups in total. The van der Waals surface area contributed by atoms with Crippen LogP contribution in [0.25, 0.3) is 0 Å².